The van der Waals surface area contributed by atoms with Gasteiger partial charge in [0.25, 0.3) is 0 Å². The van der Waals surface area contributed by atoms with Gasteiger partial charge in [-0.25, -0.2) is 0 Å². The molecule has 0 aliphatic rings. The number of hydrogen-bond donors (Lipinski definition) is 0. The average molecular weight is 664 g/mol. The van der Waals surface area contributed by atoms with Gasteiger partial charge in [0.1, 0.15) is 24.7 Å². The van der Waals surface area contributed by atoms with Gasteiger partial charge in [-0.2, -0.15) is 0 Å². The Bertz CT molecular complexity index is 1230. The van der Waals surface area contributed by atoms with Crippen molar-refractivity contribution in [1.29, 1.82) is 0 Å². The maximum absolute atomic E-state index is 9.75. The molecule has 4 rings (SSSR count). The highest BCUT2D eigenvalue weighted by Crippen LogP contribution is 2.28. The lowest BCUT2D eigenvalue weighted by Crippen LogP contribution is -3.61. The van der Waals surface area contributed by atoms with Gasteiger partial charge < -0.3 is 26.7 Å². The van der Waals surface area contributed by atoms with E-state index in [4.69, 9.17) is 9.47 Å². The van der Waals surface area contributed by atoms with Crippen LogP contribution >= 0.6 is 0 Å². The van der Waals surface area contributed by atoms with Crippen LogP contribution in [0, 0.1) is 7.14 Å². The number of benzene rings is 4. The van der Waals surface area contributed by atoms with Crippen LogP contribution in [0.25, 0.3) is 0 Å². The molecule has 0 fully saturated rings. The lowest BCUT2D eigenvalue weighted by molar-refractivity contribution is -0.597. The minimum absolute atomic E-state index is 0.301. The van der Waals surface area contributed by atoms with E-state index in [9.17, 15) is 17.3 Å². The van der Waals surface area contributed by atoms with E-state index in [-0.39, 0.29) is 21.2 Å². The van der Waals surface area contributed by atoms with Crippen LogP contribution in [0.2, 0.25) is 0 Å². The topological polar surface area (TPSA) is 18.5 Å². The van der Waals surface area contributed by atoms with Crippen molar-refractivity contribution in [3.8, 4) is 11.5 Å². The fraction of sp³-hybridized carbons (Fsp3) is 0.250. The highest BCUT2D eigenvalue weighted by atomic mass is 127. The summed E-state index contributed by atoms with van der Waals surface area (Å²) in [5.74, 6) is 2.79. The molecule has 212 valence electrons. The average Bonchev–Trinajstić information content (AvgIpc) is 2.91. The minimum Gasteiger partial charge on any atom is -0.489 e. The van der Waals surface area contributed by atoms with E-state index in [1.165, 1.54) is 29.4 Å². The predicted octanol–water partition coefficient (Wildman–Crippen LogP) is 6.52. The minimum atomic E-state index is -6.00. The molecule has 0 spiro atoms. The molecular formula is C32H34BF4IO2. The zero-order chi connectivity index (χ0) is 29.1. The molecule has 0 saturated heterocycles. The molecule has 0 N–H and O–H groups in total. The normalized spacial score (nSPS) is 11.2. The van der Waals surface area contributed by atoms with Crippen molar-refractivity contribution in [2.75, 3.05) is 0 Å². The monoisotopic (exact) mass is 664 g/mol. The fourth-order valence-corrected chi connectivity index (χ4v) is 6.34. The van der Waals surface area contributed by atoms with Crippen molar-refractivity contribution >= 4 is 7.25 Å². The van der Waals surface area contributed by atoms with Crippen LogP contribution in [-0.2, 0) is 13.2 Å². The van der Waals surface area contributed by atoms with Crippen LogP contribution in [0.15, 0.2) is 97.1 Å². The van der Waals surface area contributed by atoms with Crippen molar-refractivity contribution in [3.63, 3.8) is 0 Å². The maximum atomic E-state index is 9.75. The summed E-state index contributed by atoms with van der Waals surface area (Å²) in [6.07, 6.45) is 0. The second-order valence-corrected chi connectivity index (χ2v) is 12.8. The predicted molar refractivity (Wildman–Crippen MR) is 150 cm³/mol. The van der Waals surface area contributed by atoms with Gasteiger partial charge in [-0.1, -0.05) is 88.4 Å². The fourth-order valence-electron chi connectivity index (χ4n) is 3.92. The zero-order valence-corrected chi connectivity index (χ0v) is 25.2. The first-order valence-electron chi connectivity index (χ1n) is 13.1. The third kappa shape index (κ3) is 10.9. The van der Waals surface area contributed by atoms with Crippen LogP contribution < -0.4 is 30.7 Å². The van der Waals surface area contributed by atoms with E-state index in [1.807, 2.05) is 12.1 Å². The van der Waals surface area contributed by atoms with Gasteiger partial charge in [0, 0.05) is 11.1 Å². The summed E-state index contributed by atoms with van der Waals surface area (Å²) in [6, 6.07) is 34.2. The summed E-state index contributed by atoms with van der Waals surface area (Å²) >= 11 is -0.301. The number of halogens is 5. The van der Waals surface area contributed by atoms with E-state index in [2.05, 4.69) is 113 Å². The summed E-state index contributed by atoms with van der Waals surface area (Å²) in [5.41, 5.74) is 4.94. The molecule has 4 aromatic rings. The largest absolute Gasteiger partial charge is 0.673 e. The van der Waals surface area contributed by atoms with Gasteiger partial charge in [-0.15, -0.1) is 0 Å². The van der Waals surface area contributed by atoms with Crippen LogP contribution in [0.5, 0.6) is 11.5 Å². The van der Waals surface area contributed by atoms with Crippen molar-refractivity contribution in [1.82, 2.24) is 0 Å². The molecule has 0 saturated carbocycles. The Kier molecular flexibility index (Phi) is 11.9. The van der Waals surface area contributed by atoms with Gasteiger partial charge in [-0.3, -0.25) is 0 Å². The molecule has 0 aliphatic carbocycles. The van der Waals surface area contributed by atoms with Crippen LogP contribution in [0.4, 0.5) is 17.3 Å². The second kappa shape index (κ2) is 15.1. The Labute approximate surface area is 245 Å². The number of hydrogen-bond acceptors (Lipinski definition) is 2. The van der Waals surface area contributed by atoms with Gasteiger partial charge in [-0.05, 0) is 59.4 Å². The van der Waals surface area contributed by atoms with Crippen molar-refractivity contribution < 1.29 is 47.9 Å². The van der Waals surface area contributed by atoms with E-state index >= 15 is 0 Å². The molecule has 2 nitrogen and oxygen atoms in total. The lowest BCUT2D eigenvalue weighted by Gasteiger charge is -2.14. The van der Waals surface area contributed by atoms with Crippen LogP contribution in [0.1, 0.15) is 61.8 Å². The van der Waals surface area contributed by atoms with E-state index in [0.717, 1.165) is 11.5 Å². The molecular weight excluding hydrogens is 630 g/mol. The van der Waals surface area contributed by atoms with Crippen molar-refractivity contribution in [3.05, 3.63) is 126 Å². The quantitative estimate of drug-likeness (QED) is 0.109. The Morgan fingerprint density at radius 3 is 1.25 bits per heavy atom. The highest BCUT2D eigenvalue weighted by Gasteiger charge is 2.22. The molecule has 0 aromatic heterocycles. The number of ether oxygens (including phenoxy) is 2. The Balaban J connectivity index is 0.000000810. The van der Waals surface area contributed by atoms with Gasteiger partial charge >= 0.3 is 28.5 Å². The first-order chi connectivity index (χ1) is 19.0. The smallest absolute Gasteiger partial charge is 0.489 e. The molecule has 0 aliphatic heterocycles. The molecule has 0 unspecified atom stereocenters. The number of rotatable bonds is 10. The van der Waals surface area contributed by atoms with Crippen molar-refractivity contribution in [2.24, 2.45) is 0 Å². The summed E-state index contributed by atoms with van der Waals surface area (Å²) in [5, 5.41) is 0. The molecule has 4 aromatic carbocycles. The molecule has 8 heteroatoms. The van der Waals surface area contributed by atoms with Crippen LogP contribution in [-0.4, -0.2) is 7.25 Å². The molecule has 0 bridgehead atoms. The maximum Gasteiger partial charge on any atom is 0.673 e. The van der Waals surface area contributed by atoms with Gasteiger partial charge in [0.2, 0.25) is 0 Å². The highest BCUT2D eigenvalue weighted by molar-refractivity contribution is 6.50. The second-order valence-electron chi connectivity index (χ2n) is 9.81. The summed E-state index contributed by atoms with van der Waals surface area (Å²) in [6.45, 7) is 10.1. The Hall–Kier alpha value is -3.01. The van der Waals surface area contributed by atoms with E-state index < -0.39 is 7.25 Å². The molecule has 0 amide bonds. The van der Waals surface area contributed by atoms with Gasteiger partial charge in [0.15, 0.2) is 7.14 Å². The van der Waals surface area contributed by atoms with Crippen molar-refractivity contribution in [2.45, 2.75) is 52.7 Å². The molecule has 0 radical (unpaired) electrons. The summed E-state index contributed by atoms with van der Waals surface area (Å²) < 4.78 is 54.2. The molecule has 0 atom stereocenters. The Morgan fingerprint density at radius 1 is 0.575 bits per heavy atom. The van der Waals surface area contributed by atoms with Crippen LogP contribution in [0.3, 0.4) is 0 Å². The summed E-state index contributed by atoms with van der Waals surface area (Å²) in [4.78, 5) is 0. The SMILES string of the molecule is CC(C)c1cc([I+]c2ccc(OCc3ccccc3)c(C(C)C)c2)ccc1OCc1ccccc1.F[B-](F)(F)F. The van der Waals surface area contributed by atoms with E-state index in [1.54, 1.807) is 0 Å². The molecule has 0 heterocycles. The molecule has 40 heavy (non-hydrogen) atoms. The Morgan fingerprint density at radius 2 is 0.925 bits per heavy atom. The zero-order valence-electron chi connectivity index (χ0n) is 23.1. The first kappa shape index (κ1) is 31.5. The summed E-state index contributed by atoms with van der Waals surface area (Å²) in [7, 11) is -6.00. The third-order valence-electron chi connectivity index (χ3n) is 5.88. The third-order valence-corrected chi connectivity index (χ3v) is 8.47. The first-order valence-corrected chi connectivity index (χ1v) is 15.3. The van der Waals surface area contributed by atoms with Gasteiger partial charge in [0.05, 0.1) is 0 Å². The standard InChI is InChI=1S/C32H34IO2.BF4/c1-23(2)29-19-27(15-17-31(29)34-21-25-11-7-5-8-12-25)33-28-16-18-32(30(20-28)24(3)4)35-22-26-13-9-6-10-14-26;2-1(3,4)5/h5-20,23-24H,21-22H2,1-4H3;/q+1;-1. The van der Waals surface area contributed by atoms with E-state index in [0.29, 0.717) is 25.0 Å². The lowest BCUT2D eigenvalue weighted by atomic mass is 10.0.